The second-order valence-corrected chi connectivity index (χ2v) is 7.97. The lowest BCUT2D eigenvalue weighted by Gasteiger charge is -2.16. The number of hydrogen-bond acceptors (Lipinski definition) is 5. The van der Waals surface area contributed by atoms with Crippen molar-refractivity contribution >= 4 is 17.3 Å². The summed E-state index contributed by atoms with van der Waals surface area (Å²) >= 11 is 0. The molecule has 7 nitrogen and oxygen atoms in total. The smallest absolute Gasteiger partial charge is 0.299 e. The molecule has 0 saturated heterocycles. The summed E-state index contributed by atoms with van der Waals surface area (Å²) < 4.78 is 20.6. The van der Waals surface area contributed by atoms with Gasteiger partial charge in [-0.05, 0) is 74.0 Å². The minimum Gasteiger partial charge on any atom is -0.453 e. The van der Waals surface area contributed by atoms with Gasteiger partial charge in [-0.3, -0.25) is 9.59 Å². The zero-order chi connectivity index (χ0) is 24.9. The Labute approximate surface area is 202 Å². The zero-order valence-corrected chi connectivity index (χ0v) is 19.7. The number of nitrogens with one attached hydrogen (secondary N) is 1. The second kappa shape index (κ2) is 10.2. The van der Waals surface area contributed by atoms with Crippen molar-refractivity contribution in [1.29, 1.82) is 0 Å². The van der Waals surface area contributed by atoms with Gasteiger partial charge in [-0.25, -0.2) is 4.39 Å². The van der Waals surface area contributed by atoms with Crippen LogP contribution in [0.5, 0.6) is 11.5 Å². The molecule has 3 aromatic carbocycles. The van der Waals surface area contributed by atoms with Gasteiger partial charge in [-0.1, -0.05) is 18.2 Å². The van der Waals surface area contributed by atoms with Gasteiger partial charge in [0.25, 0.3) is 11.5 Å². The minimum absolute atomic E-state index is 0.0924. The van der Waals surface area contributed by atoms with Crippen molar-refractivity contribution in [3.63, 3.8) is 0 Å². The van der Waals surface area contributed by atoms with Crippen molar-refractivity contribution < 1.29 is 13.9 Å². The van der Waals surface area contributed by atoms with E-state index >= 15 is 0 Å². The third kappa shape index (κ3) is 5.22. The van der Waals surface area contributed by atoms with Gasteiger partial charge >= 0.3 is 0 Å². The van der Waals surface area contributed by atoms with Crippen molar-refractivity contribution in [3.05, 3.63) is 106 Å². The van der Waals surface area contributed by atoms with E-state index in [1.54, 1.807) is 42.3 Å². The minimum atomic E-state index is -0.478. The maximum atomic E-state index is 13.5. The number of ether oxygens (including phenoxy) is 1. The quantitative estimate of drug-likeness (QED) is 0.395. The highest BCUT2D eigenvalue weighted by atomic mass is 19.1. The number of benzene rings is 3. The summed E-state index contributed by atoms with van der Waals surface area (Å²) in [5.74, 6) is 0.307. The molecule has 1 amide bonds. The first-order chi connectivity index (χ1) is 16.9. The van der Waals surface area contributed by atoms with E-state index in [4.69, 9.17) is 4.74 Å². The molecule has 0 radical (unpaired) electrons. The second-order valence-electron chi connectivity index (χ2n) is 7.97. The molecule has 0 spiro atoms. The van der Waals surface area contributed by atoms with Crippen LogP contribution in [0.15, 0.2) is 83.8 Å². The molecule has 0 aliphatic rings. The van der Waals surface area contributed by atoms with Crippen molar-refractivity contribution in [2.45, 2.75) is 13.8 Å². The number of para-hydroxylation sites is 1. The molecule has 0 fully saturated rings. The molecule has 0 saturated carbocycles. The van der Waals surface area contributed by atoms with Gasteiger partial charge < -0.3 is 15.0 Å². The van der Waals surface area contributed by atoms with E-state index in [9.17, 15) is 14.0 Å². The van der Waals surface area contributed by atoms with Crippen LogP contribution in [0.25, 0.3) is 5.69 Å². The van der Waals surface area contributed by atoms with E-state index in [1.165, 1.54) is 35.1 Å². The van der Waals surface area contributed by atoms with Crippen LogP contribution in [-0.2, 0) is 0 Å². The van der Waals surface area contributed by atoms with Crippen LogP contribution in [-0.4, -0.2) is 34.2 Å². The van der Waals surface area contributed by atoms with Crippen molar-refractivity contribution in [2.75, 3.05) is 18.9 Å². The Morgan fingerprint density at radius 3 is 2.37 bits per heavy atom. The average Bonchev–Trinajstić information content (AvgIpc) is 2.87. The highest BCUT2D eigenvalue weighted by Gasteiger charge is 2.17. The van der Waals surface area contributed by atoms with E-state index in [1.807, 2.05) is 32.0 Å². The number of hydrogen-bond donors (Lipinski definition) is 1. The molecular weight excluding hydrogens is 447 g/mol. The first kappa shape index (κ1) is 23.7. The molecule has 178 valence electrons. The fourth-order valence-electron chi connectivity index (χ4n) is 3.39. The molecule has 1 heterocycles. The Morgan fingerprint density at radius 1 is 1.03 bits per heavy atom. The van der Waals surface area contributed by atoms with Crippen LogP contribution in [0.4, 0.5) is 15.8 Å². The predicted octanol–water partition coefficient (Wildman–Crippen LogP) is 5.31. The van der Waals surface area contributed by atoms with Gasteiger partial charge in [0.2, 0.25) is 0 Å². The van der Waals surface area contributed by atoms with Crippen LogP contribution in [0.3, 0.4) is 0 Å². The molecule has 0 aliphatic carbocycles. The van der Waals surface area contributed by atoms with Crippen molar-refractivity contribution in [3.8, 4) is 17.2 Å². The van der Waals surface area contributed by atoms with Gasteiger partial charge in [0.05, 0.1) is 11.9 Å². The maximum Gasteiger partial charge on any atom is 0.299 e. The average molecular weight is 473 g/mol. The molecule has 8 heteroatoms. The highest BCUT2D eigenvalue weighted by molar-refractivity contribution is 5.94. The lowest BCUT2D eigenvalue weighted by atomic mass is 10.2. The monoisotopic (exact) mass is 472 g/mol. The number of carbonyl (C=O) groups excluding carboxylic acids is 1. The lowest BCUT2D eigenvalue weighted by Crippen LogP contribution is -2.26. The van der Waals surface area contributed by atoms with Crippen LogP contribution < -0.4 is 15.6 Å². The summed E-state index contributed by atoms with van der Waals surface area (Å²) in [6, 6.07) is 19.7. The van der Waals surface area contributed by atoms with E-state index < -0.39 is 11.4 Å². The molecule has 0 aliphatic heterocycles. The number of carbonyl (C=O) groups is 1. The Morgan fingerprint density at radius 2 is 1.71 bits per heavy atom. The van der Waals surface area contributed by atoms with Crippen molar-refractivity contribution in [2.24, 2.45) is 0 Å². The van der Waals surface area contributed by atoms with E-state index in [0.29, 0.717) is 29.2 Å². The largest absolute Gasteiger partial charge is 0.453 e. The molecule has 1 aromatic heterocycles. The van der Waals surface area contributed by atoms with Gasteiger partial charge in [-0.2, -0.15) is 9.78 Å². The maximum absolute atomic E-state index is 13.5. The molecule has 1 N–H and O–H groups in total. The van der Waals surface area contributed by atoms with Crippen LogP contribution in [0.2, 0.25) is 0 Å². The third-order valence-electron chi connectivity index (χ3n) is 5.55. The van der Waals surface area contributed by atoms with Crippen LogP contribution in [0.1, 0.15) is 22.8 Å². The molecule has 0 unspecified atom stereocenters. The predicted molar refractivity (Wildman–Crippen MR) is 133 cm³/mol. The van der Waals surface area contributed by atoms with Gasteiger partial charge in [0.15, 0.2) is 11.4 Å². The standard InChI is InChI=1S/C27H25FN4O3/c1-4-31(3)26(33)19-9-13-21(14-10-19)30-25-24(35-23-8-6-5-7-18(23)2)17-29-32(27(25)34)22-15-11-20(28)12-16-22/h5-17,30H,4H2,1-3H3. The number of halogens is 1. The summed E-state index contributed by atoms with van der Waals surface area (Å²) in [6.07, 6.45) is 1.44. The number of rotatable bonds is 7. The van der Waals surface area contributed by atoms with Crippen molar-refractivity contribution in [1.82, 2.24) is 14.7 Å². The SMILES string of the molecule is CCN(C)C(=O)c1ccc(Nc2c(Oc3ccccc3C)cnn(-c3ccc(F)cc3)c2=O)cc1. The molecule has 4 aromatic rings. The van der Waals surface area contributed by atoms with E-state index in [0.717, 1.165) is 5.56 Å². The van der Waals surface area contributed by atoms with Gasteiger partial charge in [0.1, 0.15) is 11.6 Å². The highest BCUT2D eigenvalue weighted by Crippen LogP contribution is 2.30. The van der Waals surface area contributed by atoms with Gasteiger partial charge in [-0.15, -0.1) is 0 Å². The summed E-state index contributed by atoms with van der Waals surface area (Å²) in [4.78, 5) is 27.5. The topological polar surface area (TPSA) is 76.5 Å². The van der Waals surface area contributed by atoms with Crippen LogP contribution >= 0.6 is 0 Å². The van der Waals surface area contributed by atoms with E-state index in [-0.39, 0.29) is 17.3 Å². The first-order valence-corrected chi connectivity index (χ1v) is 11.1. The number of amides is 1. The summed E-state index contributed by atoms with van der Waals surface area (Å²) in [6.45, 7) is 4.40. The molecule has 0 bridgehead atoms. The third-order valence-corrected chi connectivity index (χ3v) is 5.55. The first-order valence-electron chi connectivity index (χ1n) is 11.1. The van der Waals surface area contributed by atoms with E-state index in [2.05, 4.69) is 10.4 Å². The number of nitrogens with zero attached hydrogens (tertiary/aromatic N) is 3. The fourth-order valence-corrected chi connectivity index (χ4v) is 3.39. The number of aryl methyl sites for hydroxylation is 1. The number of aromatic nitrogens is 2. The Bertz CT molecular complexity index is 1400. The normalized spacial score (nSPS) is 10.6. The number of anilines is 2. The Kier molecular flexibility index (Phi) is 6.91. The molecule has 35 heavy (non-hydrogen) atoms. The molecular formula is C27H25FN4O3. The zero-order valence-electron chi connectivity index (χ0n) is 19.7. The van der Waals surface area contributed by atoms with Crippen LogP contribution in [0, 0.1) is 12.7 Å². The van der Waals surface area contributed by atoms with Gasteiger partial charge in [0, 0.05) is 24.8 Å². The molecule has 4 rings (SSSR count). The summed E-state index contributed by atoms with van der Waals surface area (Å²) in [5, 5.41) is 7.35. The summed E-state index contributed by atoms with van der Waals surface area (Å²) in [5.41, 5.74) is 2.10. The Hall–Kier alpha value is -4.46. The summed E-state index contributed by atoms with van der Waals surface area (Å²) in [7, 11) is 1.73. The Balaban J connectivity index is 1.74. The fraction of sp³-hybridized carbons (Fsp3) is 0.148. The molecule has 0 atom stereocenters. The lowest BCUT2D eigenvalue weighted by molar-refractivity contribution is 0.0802.